The average Bonchev–Trinajstić information content (AvgIpc) is 3.00. The maximum absolute atomic E-state index is 6.06. The summed E-state index contributed by atoms with van der Waals surface area (Å²) < 4.78 is 0. The predicted octanol–water partition coefficient (Wildman–Crippen LogP) is 4.04. The molecule has 0 unspecified atom stereocenters. The highest BCUT2D eigenvalue weighted by molar-refractivity contribution is 8.13. The fraction of sp³-hybridized carbons (Fsp3) is 0.353. The first-order valence-corrected chi connectivity index (χ1v) is 8.60. The van der Waals surface area contributed by atoms with Gasteiger partial charge in [0.2, 0.25) is 0 Å². The van der Waals surface area contributed by atoms with Gasteiger partial charge >= 0.3 is 0 Å². The Balaban J connectivity index is 0.00000104. The van der Waals surface area contributed by atoms with Gasteiger partial charge in [-0.15, -0.1) is 24.8 Å². The molecule has 2 atom stereocenters. The number of hydrogen-bond donors (Lipinski definition) is 1. The van der Waals surface area contributed by atoms with E-state index in [0.717, 1.165) is 28.5 Å². The van der Waals surface area contributed by atoms with Gasteiger partial charge in [0.05, 0.1) is 5.54 Å². The number of benzene rings is 1. The van der Waals surface area contributed by atoms with Crippen molar-refractivity contribution in [3.8, 4) is 11.1 Å². The molecule has 2 N–H and O–H groups in total. The largest absolute Gasteiger partial charge is 0.379 e. The number of aromatic nitrogens is 2. The van der Waals surface area contributed by atoms with E-state index in [1.54, 1.807) is 18.1 Å². The highest BCUT2D eigenvalue weighted by Crippen LogP contribution is 2.51. The summed E-state index contributed by atoms with van der Waals surface area (Å²) in [5.41, 5.74) is 9.39. The zero-order valence-corrected chi connectivity index (χ0v) is 15.5. The average molecular weight is 383 g/mol. The van der Waals surface area contributed by atoms with Gasteiger partial charge < -0.3 is 5.73 Å². The molecule has 1 saturated carbocycles. The number of amidine groups is 1. The van der Waals surface area contributed by atoms with Gasteiger partial charge in [-0.25, -0.2) is 9.97 Å². The molecule has 2 aromatic rings. The lowest BCUT2D eigenvalue weighted by Gasteiger charge is -2.36. The van der Waals surface area contributed by atoms with E-state index in [9.17, 15) is 0 Å². The molecule has 0 saturated heterocycles. The van der Waals surface area contributed by atoms with Crippen LogP contribution in [0, 0.1) is 5.92 Å². The molecule has 1 aromatic heterocycles. The third-order valence-electron chi connectivity index (χ3n) is 4.78. The molecule has 0 spiro atoms. The van der Waals surface area contributed by atoms with E-state index in [0.29, 0.717) is 5.92 Å². The van der Waals surface area contributed by atoms with Crippen molar-refractivity contribution in [2.24, 2.45) is 16.6 Å². The second-order valence-corrected chi connectivity index (χ2v) is 7.02. The quantitative estimate of drug-likeness (QED) is 0.850. The molecule has 4 rings (SSSR count). The molecule has 1 aliphatic carbocycles. The summed E-state index contributed by atoms with van der Waals surface area (Å²) in [5.74, 6) is 1.67. The van der Waals surface area contributed by atoms with E-state index >= 15 is 0 Å². The van der Waals surface area contributed by atoms with Crippen LogP contribution in [0.4, 0.5) is 0 Å². The van der Waals surface area contributed by atoms with Crippen LogP contribution >= 0.6 is 36.6 Å². The van der Waals surface area contributed by atoms with Crippen molar-refractivity contribution < 1.29 is 0 Å². The SMILES string of the molecule is Cl.Cl.NC1=N[C@@]2(c3cccc(-c4cncnc4)c3)CCC[C@H]2CS1. The molecule has 2 heterocycles. The van der Waals surface area contributed by atoms with Crippen molar-refractivity contribution in [2.75, 3.05) is 5.75 Å². The first-order chi connectivity index (χ1) is 10.8. The van der Waals surface area contributed by atoms with Crippen LogP contribution in [0.1, 0.15) is 24.8 Å². The topological polar surface area (TPSA) is 64.2 Å². The number of thioether (sulfide) groups is 1. The number of hydrogen-bond acceptors (Lipinski definition) is 5. The van der Waals surface area contributed by atoms with Crippen LogP contribution in [-0.2, 0) is 5.54 Å². The van der Waals surface area contributed by atoms with E-state index in [1.807, 2.05) is 12.4 Å². The van der Waals surface area contributed by atoms with Crippen LogP contribution in [-0.4, -0.2) is 20.9 Å². The van der Waals surface area contributed by atoms with E-state index in [4.69, 9.17) is 10.7 Å². The molecule has 0 bridgehead atoms. The van der Waals surface area contributed by atoms with Crippen molar-refractivity contribution in [2.45, 2.75) is 24.8 Å². The molecular weight excluding hydrogens is 363 g/mol. The number of nitrogens with zero attached hydrogens (tertiary/aromatic N) is 3. The molecule has 7 heteroatoms. The lowest BCUT2D eigenvalue weighted by Crippen LogP contribution is -2.36. The minimum atomic E-state index is -0.124. The zero-order valence-electron chi connectivity index (χ0n) is 13.1. The lowest BCUT2D eigenvalue weighted by molar-refractivity contribution is 0.356. The highest BCUT2D eigenvalue weighted by Gasteiger charge is 2.46. The van der Waals surface area contributed by atoms with Gasteiger partial charge in [0, 0.05) is 23.7 Å². The van der Waals surface area contributed by atoms with Crippen molar-refractivity contribution >= 4 is 41.7 Å². The summed E-state index contributed by atoms with van der Waals surface area (Å²) in [7, 11) is 0. The van der Waals surface area contributed by atoms with E-state index < -0.39 is 0 Å². The Hall–Kier alpha value is -1.30. The summed E-state index contributed by atoms with van der Waals surface area (Å²) in [4.78, 5) is 13.1. The fourth-order valence-electron chi connectivity index (χ4n) is 3.70. The number of aliphatic imine (C=N–C) groups is 1. The minimum absolute atomic E-state index is 0. The summed E-state index contributed by atoms with van der Waals surface area (Å²) in [6, 6.07) is 8.64. The minimum Gasteiger partial charge on any atom is -0.379 e. The monoisotopic (exact) mass is 382 g/mol. The van der Waals surface area contributed by atoms with Gasteiger partial charge in [-0.3, -0.25) is 4.99 Å². The van der Waals surface area contributed by atoms with Crippen LogP contribution in [0.2, 0.25) is 0 Å². The van der Waals surface area contributed by atoms with Crippen molar-refractivity contribution in [1.29, 1.82) is 0 Å². The fourth-order valence-corrected chi connectivity index (χ4v) is 4.75. The van der Waals surface area contributed by atoms with Gasteiger partial charge in [-0.1, -0.05) is 36.4 Å². The second-order valence-electron chi connectivity index (χ2n) is 5.98. The molecule has 1 fully saturated rings. The Morgan fingerprint density at radius 2 is 1.92 bits per heavy atom. The summed E-state index contributed by atoms with van der Waals surface area (Å²) in [5, 5.41) is 0.728. The second kappa shape index (κ2) is 7.72. The highest BCUT2D eigenvalue weighted by atomic mass is 35.5. The molecule has 1 aromatic carbocycles. The molecule has 2 aliphatic rings. The zero-order chi connectivity index (χ0) is 15.0. The predicted molar refractivity (Wildman–Crippen MR) is 105 cm³/mol. The molecular formula is C17H20Cl2N4S. The Morgan fingerprint density at radius 1 is 1.12 bits per heavy atom. The van der Waals surface area contributed by atoms with Crippen LogP contribution in [0.3, 0.4) is 0 Å². The van der Waals surface area contributed by atoms with Gasteiger partial charge in [0.15, 0.2) is 5.17 Å². The van der Waals surface area contributed by atoms with Crippen molar-refractivity contribution in [1.82, 2.24) is 9.97 Å². The summed E-state index contributed by atoms with van der Waals surface area (Å²) in [6.45, 7) is 0. The van der Waals surface area contributed by atoms with Crippen molar-refractivity contribution in [3.05, 3.63) is 48.5 Å². The summed E-state index contributed by atoms with van der Waals surface area (Å²) in [6.07, 6.45) is 8.81. The Bertz CT molecular complexity index is 726. The van der Waals surface area contributed by atoms with Crippen LogP contribution in [0.25, 0.3) is 11.1 Å². The van der Waals surface area contributed by atoms with Gasteiger partial charge in [-0.2, -0.15) is 0 Å². The van der Waals surface area contributed by atoms with Gasteiger partial charge in [0.1, 0.15) is 6.33 Å². The normalized spacial score (nSPS) is 25.0. The molecule has 24 heavy (non-hydrogen) atoms. The third kappa shape index (κ3) is 3.25. The Kier molecular flexibility index (Phi) is 6.12. The van der Waals surface area contributed by atoms with Crippen molar-refractivity contribution in [3.63, 3.8) is 0 Å². The molecule has 4 nitrogen and oxygen atoms in total. The number of fused-ring (bicyclic) bond motifs is 1. The maximum Gasteiger partial charge on any atom is 0.154 e. The first kappa shape index (κ1) is 19.0. The summed E-state index contributed by atoms with van der Waals surface area (Å²) >= 11 is 1.70. The Labute approximate surface area is 158 Å². The Morgan fingerprint density at radius 3 is 2.71 bits per heavy atom. The number of nitrogens with two attached hydrogens (primary N) is 1. The van der Waals surface area contributed by atoms with Gasteiger partial charge in [0.25, 0.3) is 0 Å². The maximum atomic E-state index is 6.06. The van der Waals surface area contributed by atoms with Crippen LogP contribution in [0.5, 0.6) is 0 Å². The van der Waals surface area contributed by atoms with Crippen LogP contribution < -0.4 is 5.73 Å². The first-order valence-electron chi connectivity index (χ1n) is 7.62. The van der Waals surface area contributed by atoms with Crippen LogP contribution in [0.15, 0.2) is 48.0 Å². The molecule has 0 radical (unpaired) electrons. The van der Waals surface area contributed by atoms with Gasteiger partial charge in [-0.05, 0) is 36.0 Å². The van der Waals surface area contributed by atoms with E-state index in [2.05, 4.69) is 34.2 Å². The van der Waals surface area contributed by atoms with E-state index in [-0.39, 0.29) is 30.4 Å². The molecule has 1 aliphatic heterocycles. The smallest absolute Gasteiger partial charge is 0.154 e. The number of rotatable bonds is 2. The van der Waals surface area contributed by atoms with E-state index in [1.165, 1.54) is 18.4 Å². The molecule has 0 amide bonds. The molecule has 128 valence electrons. The standard InChI is InChI=1S/C17H18N4S.2ClH/c18-16-21-17(6-2-5-15(17)10-22-16)14-4-1-3-12(7-14)13-8-19-11-20-9-13;;/h1,3-4,7-9,11,15H,2,5-6,10H2,(H2,18,21);2*1H/t15-,17+;;/m0../s1. The lowest BCUT2D eigenvalue weighted by atomic mass is 9.81. The third-order valence-corrected chi connectivity index (χ3v) is 5.74. The number of halogens is 2.